The Morgan fingerprint density at radius 1 is 1.47 bits per heavy atom. The van der Waals surface area contributed by atoms with Crippen LogP contribution in [0.2, 0.25) is 0 Å². The van der Waals surface area contributed by atoms with E-state index in [1.165, 1.54) is 6.92 Å². The highest BCUT2D eigenvalue weighted by molar-refractivity contribution is 5.88. The van der Waals surface area contributed by atoms with Gasteiger partial charge in [-0.3, -0.25) is 4.79 Å². The first kappa shape index (κ1) is 15.2. The fourth-order valence-corrected chi connectivity index (χ4v) is 1.97. The summed E-state index contributed by atoms with van der Waals surface area (Å²) in [5, 5.41) is 15.0. The third-order valence-electron chi connectivity index (χ3n) is 3.02. The molecule has 0 spiro atoms. The van der Waals surface area contributed by atoms with Crippen LogP contribution in [-0.4, -0.2) is 11.9 Å². The van der Waals surface area contributed by atoms with Gasteiger partial charge in [0.25, 0.3) is 0 Å². The fourth-order valence-electron chi connectivity index (χ4n) is 1.97. The smallest absolute Gasteiger partial charge is 0.221 e. The number of nitrogens with one attached hydrogen (secondary N) is 2. The summed E-state index contributed by atoms with van der Waals surface area (Å²) in [6.45, 7) is 5.62. The number of benzene rings is 1. The largest absolute Gasteiger partial charge is 0.326 e. The highest BCUT2D eigenvalue weighted by Gasteiger charge is 2.12. The molecular weight excluding hydrogens is 238 g/mol. The van der Waals surface area contributed by atoms with Gasteiger partial charge in [0.1, 0.15) is 0 Å². The van der Waals surface area contributed by atoms with Gasteiger partial charge in [-0.05, 0) is 31.0 Å². The minimum Gasteiger partial charge on any atom is -0.326 e. The second kappa shape index (κ2) is 7.55. The lowest BCUT2D eigenvalue weighted by molar-refractivity contribution is -0.114. The minimum absolute atomic E-state index is 0.0753. The normalized spacial score (nSPS) is 13.4. The predicted octanol–water partition coefficient (Wildman–Crippen LogP) is 2.99. The molecule has 19 heavy (non-hydrogen) atoms. The molecule has 0 aliphatic heterocycles. The van der Waals surface area contributed by atoms with Crippen LogP contribution in [0.3, 0.4) is 0 Å². The molecule has 1 aromatic carbocycles. The number of carbonyl (C=O) groups excluding carboxylic acids is 1. The van der Waals surface area contributed by atoms with Gasteiger partial charge in [-0.25, -0.2) is 0 Å². The monoisotopic (exact) mass is 259 g/mol. The zero-order valence-electron chi connectivity index (χ0n) is 11.7. The van der Waals surface area contributed by atoms with Gasteiger partial charge < -0.3 is 10.6 Å². The van der Waals surface area contributed by atoms with E-state index in [-0.39, 0.29) is 18.0 Å². The van der Waals surface area contributed by atoms with Crippen LogP contribution < -0.4 is 10.6 Å². The van der Waals surface area contributed by atoms with Gasteiger partial charge in [-0.15, -0.1) is 0 Å². The Hall–Kier alpha value is -1.86. The zero-order valence-corrected chi connectivity index (χ0v) is 11.7. The van der Waals surface area contributed by atoms with Gasteiger partial charge in [-0.2, -0.15) is 5.26 Å². The molecule has 1 amide bonds. The van der Waals surface area contributed by atoms with Crippen LogP contribution in [0.15, 0.2) is 24.3 Å². The Morgan fingerprint density at radius 2 is 2.21 bits per heavy atom. The van der Waals surface area contributed by atoms with Crippen LogP contribution in [0.25, 0.3) is 0 Å². The van der Waals surface area contributed by atoms with E-state index in [9.17, 15) is 4.79 Å². The van der Waals surface area contributed by atoms with E-state index >= 15 is 0 Å². The number of hydrogen-bond donors (Lipinski definition) is 2. The predicted molar refractivity (Wildman–Crippen MR) is 76.6 cm³/mol. The number of rotatable bonds is 6. The highest BCUT2D eigenvalue weighted by Crippen LogP contribution is 2.18. The average molecular weight is 259 g/mol. The molecule has 0 fully saturated rings. The molecule has 0 bridgehead atoms. The van der Waals surface area contributed by atoms with Gasteiger partial charge in [0.05, 0.1) is 12.5 Å². The van der Waals surface area contributed by atoms with Crippen LogP contribution in [0.1, 0.15) is 45.2 Å². The first-order valence-corrected chi connectivity index (χ1v) is 6.57. The summed E-state index contributed by atoms with van der Waals surface area (Å²) < 4.78 is 0. The number of nitriles is 1. The summed E-state index contributed by atoms with van der Waals surface area (Å²) in [7, 11) is 0. The maximum atomic E-state index is 11.0. The van der Waals surface area contributed by atoms with Crippen LogP contribution in [0.5, 0.6) is 0 Å². The van der Waals surface area contributed by atoms with E-state index < -0.39 is 0 Å². The van der Waals surface area contributed by atoms with Crippen molar-refractivity contribution in [3.63, 3.8) is 0 Å². The van der Waals surface area contributed by atoms with Crippen molar-refractivity contribution in [2.75, 3.05) is 5.32 Å². The van der Waals surface area contributed by atoms with Crippen LogP contribution in [-0.2, 0) is 4.79 Å². The third kappa shape index (κ3) is 5.11. The Labute approximate surface area is 114 Å². The standard InChI is InChI=1S/C15H21N3O/c1-4-14(8-9-16)17-11(2)13-6-5-7-15(10-13)18-12(3)19/h5-7,10-11,14,17H,4,8H2,1-3H3,(H,18,19). The molecule has 102 valence electrons. The van der Waals surface area contributed by atoms with Crippen molar-refractivity contribution in [3.8, 4) is 6.07 Å². The minimum atomic E-state index is -0.0753. The zero-order chi connectivity index (χ0) is 14.3. The Bertz CT molecular complexity index is 465. The molecule has 0 aromatic heterocycles. The van der Waals surface area contributed by atoms with Gasteiger partial charge in [0, 0.05) is 24.7 Å². The molecular formula is C15H21N3O. The molecule has 0 radical (unpaired) electrons. The molecule has 0 aliphatic rings. The van der Waals surface area contributed by atoms with Crippen molar-refractivity contribution in [1.29, 1.82) is 5.26 Å². The van der Waals surface area contributed by atoms with E-state index in [0.717, 1.165) is 17.7 Å². The summed E-state index contributed by atoms with van der Waals surface area (Å²) in [4.78, 5) is 11.0. The van der Waals surface area contributed by atoms with Crippen molar-refractivity contribution in [2.45, 2.75) is 45.7 Å². The lowest BCUT2D eigenvalue weighted by Gasteiger charge is -2.21. The van der Waals surface area contributed by atoms with Crippen molar-refractivity contribution in [3.05, 3.63) is 29.8 Å². The molecule has 1 aromatic rings. The quantitative estimate of drug-likeness (QED) is 0.825. The third-order valence-corrected chi connectivity index (χ3v) is 3.02. The summed E-state index contributed by atoms with van der Waals surface area (Å²) in [6, 6.07) is 10.3. The number of hydrogen-bond acceptors (Lipinski definition) is 3. The maximum Gasteiger partial charge on any atom is 0.221 e. The Kier molecular flexibility index (Phi) is 6.04. The first-order chi connectivity index (χ1) is 9.06. The highest BCUT2D eigenvalue weighted by atomic mass is 16.1. The lowest BCUT2D eigenvalue weighted by atomic mass is 10.0. The topological polar surface area (TPSA) is 64.9 Å². The molecule has 2 unspecified atom stereocenters. The molecule has 1 rings (SSSR count). The van der Waals surface area contributed by atoms with E-state index in [4.69, 9.17) is 5.26 Å². The summed E-state index contributed by atoms with van der Waals surface area (Å²) in [5.41, 5.74) is 1.90. The van der Waals surface area contributed by atoms with E-state index in [0.29, 0.717) is 6.42 Å². The van der Waals surface area contributed by atoms with Crippen LogP contribution in [0, 0.1) is 11.3 Å². The van der Waals surface area contributed by atoms with Gasteiger partial charge in [0.15, 0.2) is 0 Å². The second-order valence-corrected chi connectivity index (χ2v) is 4.66. The van der Waals surface area contributed by atoms with Crippen molar-refractivity contribution >= 4 is 11.6 Å². The first-order valence-electron chi connectivity index (χ1n) is 6.57. The molecule has 0 saturated heterocycles. The van der Waals surface area contributed by atoms with E-state index in [2.05, 4.69) is 30.6 Å². The van der Waals surface area contributed by atoms with Crippen molar-refractivity contribution in [1.82, 2.24) is 5.32 Å². The number of amides is 1. The Morgan fingerprint density at radius 3 is 2.79 bits per heavy atom. The molecule has 4 nitrogen and oxygen atoms in total. The van der Waals surface area contributed by atoms with Gasteiger partial charge >= 0.3 is 0 Å². The SMILES string of the molecule is CCC(CC#N)NC(C)c1cccc(NC(C)=O)c1. The molecule has 0 heterocycles. The Balaban J connectivity index is 2.73. The number of anilines is 1. The molecule has 0 aliphatic carbocycles. The van der Waals surface area contributed by atoms with E-state index in [1.807, 2.05) is 24.3 Å². The van der Waals surface area contributed by atoms with Gasteiger partial charge in [-0.1, -0.05) is 19.1 Å². The lowest BCUT2D eigenvalue weighted by Crippen LogP contribution is -2.30. The van der Waals surface area contributed by atoms with Crippen LogP contribution >= 0.6 is 0 Å². The van der Waals surface area contributed by atoms with Crippen molar-refractivity contribution in [2.24, 2.45) is 0 Å². The molecule has 2 atom stereocenters. The van der Waals surface area contributed by atoms with Gasteiger partial charge in [0.2, 0.25) is 5.91 Å². The summed E-state index contributed by atoms with van der Waals surface area (Å²) >= 11 is 0. The maximum absolute atomic E-state index is 11.0. The fraction of sp³-hybridized carbons (Fsp3) is 0.467. The summed E-state index contributed by atoms with van der Waals surface area (Å²) in [6.07, 6.45) is 1.43. The molecule has 0 saturated carbocycles. The second-order valence-electron chi connectivity index (χ2n) is 4.66. The molecule has 2 N–H and O–H groups in total. The number of carbonyl (C=O) groups is 1. The molecule has 4 heteroatoms. The average Bonchev–Trinajstić information content (AvgIpc) is 2.37. The number of nitrogens with zero attached hydrogens (tertiary/aromatic N) is 1. The van der Waals surface area contributed by atoms with E-state index in [1.54, 1.807) is 0 Å². The van der Waals surface area contributed by atoms with Crippen molar-refractivity contribution < 1.29 is 4.79 Å². The summed E-state index contributed by atoms with van der Waals surface area (Å²) in [5.74, 6) is -0.0753. The van der Waals surface area contributed by atoms with Crippen LogP contribution in [0.4, 0.5) is 5.69 Å².